The minimum atomic E-state index is -5.15. The molecule has 0 saturated heterocycles. The minimum absolute atomic E-state index is 0.00565. The normalized spacial score (nSPS) is 12.2. The Hall–Kier alpha value is -3.24. The summed E-state index contributed by atoms with van der Waals surface area (Å²) >= 11 is 0. The number of halogens is 5. The van der Waals surface area contributed by atoms with Crippen molar-refractivity contribution in [1.29, 1.82) is 0 Å². The molecule has 0 radical (unpaired) electrons. The summed E-state index contributed by atoms with van der Waals surface area (Å²) in [6.07, 6.45) is -8.26. The van der Waals surface area contributed by atoms with E-state index in [2.05, 4.69) is 14.7 Å². The lowest BCUT2D eigenvalue weighted by atomic mass is 10.1. The van der Waals surface area contributed by atoms with Gasteiger partial charge in [-0.25, -0.2) is 14.8 Å². The monoisotopic (exact) mass is 416 g/mol. The number of ether oxygens (including phenoxy) is 2. The highest BCUT2D eigenvalue weighted by Crippen LogP contribution is 2.39. The van der Waals surface area contributed by atoms with Crippen LogP contribution in [-0.2, 0) is 17.0 Å². The molecule has 0 spiro atoms. The third-order valence-electron chi connectivity index (χ3n) is 3.80. The fourth-order valence-electron chi connectivity index (χ4n) is 2.67. The maximum Gasteiger partial charge on any atom is 0.446 e. The van der Waals surface area contributed by atoms with Gasteiger partial charge in [0, 0.05) is 17.8 Å². The van der Waals surface area contributed by atoms with Crippen molar-refractivity contribution in [3.8, 4) is 5.75 Å². The summed E-state index contributed by atoms with van der Waals surface area (Å²) in [6, 6.07) is 3.37. The average Bonchev–Trinajstić information content (AvgIpc) is 2.96. The fraction of sp³-hybridized carbons (Fsp3) is 0.278. The predicted octanol–water partition coefficient (Wildman–Crippen LogP) is 4.86. The van der Waals surface area contributed by atoms with E-state index in [4.69, 9.17) is 9.15 Å². The summed E-state index contributed by atoms with van der Waals surface area (Å²) in [7, 11) is 0. The van der Waals surface area contributed by atoms with Gasteiger partial charge in [-0.15, -0.1) is 0 Å². The number of carbonyl (C=O) groups is 1. The molecule has 0 aliphatic rings. The van der Waals surface area contributed by atoms with Crippen LogP contribution in [0.2, 0.25) is 0 Å². The number of aromatic nitrogens is 2. The third kappa shape index (κ3) is 3.98. The Morgan fingerprint density at radius 2 is 1.76 bits per heavy atom. The van der Waals surface area contributed by atoms with Gasteiger partial charge in [0.05, 0.1) is 6.61 Å². The first kappa shape index (κ1) is 20.5. The van der Waals surface area contributed by atoms with Gasteiger partial charge in [0.25, 0.3) is 0 Å². The molecule has 1 aromatic carbocycles. The van der Waals surface area contributed by atoms with Crippen LogP contribution in [0.15, 0.2) is 35.0 Å². The van der Waals surface area contributed by atoms with E-state index >= 15 is 0 Å². The van der Waals surface area contributed by atoms with E-state index in [0.717, 1.165) is 12.1 Å². The SMILES string of the molecule is CCOC(=O)c1c(C)oc2ccc(OC(F)(F)c3nccnc3C(F)(F)F)cc12. The minimum Gasteiger partial charge on any atom is -0.462 e. The molecule has 6 nitrogen and oxygen atoms in total. The van der Waals surface area contributed by atoms with Crippen LogP contribution in [0.5, 0.6) is 5.75 Å². The largest absolute Gasteiger partial charge is 0.462 e. The number of benzene rings is 1. The second-order valence-electron chi connectivity index (χ2n) is 5.78. The third-order valence-corrected chi connectivity index (χ3v) is 3.80. The highest BCUT2D eigenvalue weighted by atomic mass is 19.4. The highest BCUT2D eigenvalue weighted by molar-refractivity contribution is 6.04. The maximum atomic E-state index is 14.5. The van der Waals surface area contributed by atoms with Crippen LogP contribution in [-0.4, -0.2) is 22.5 Å². The number of fused-ring (bicyclic) bond motifs is 1. The van der Waals surface area contributed by atoms with Crippen molar-refractivity contribution in [3.05, 3.63) is 53.3 Å². The standard InChI is InChI=1S/C18H13F5N2O4/c1-3-27-16(26)13-9(2)28-12-5-4-10(8-11(12)13)29-18(22,23)15-14(17(19,20)21)24-6-7-25-15/h4-8H,3H2,1-2H3. The first-order valence-electron chi connectivity index (χ1n) is 8.20. The molecule has 11 heteroatoms. The van der Waals surface area contributed by atoms with Gasteiger partial charge in [0.1, 0.15) is 22.7 Å². The summed E-state index contributed by atoms with van der Waals surface area (Å²) < 4.78 is 82.7. The molecule has 2 heterocycles. The molecule has 3 aromatic rings. The van der Waals surface area contributed by atoms with Gasteiger partial charge in [-0.05, 0) is 32.0 Å². The molecule has 0 fully saturated rings. The summed E-state index contributed by atoms with van der Waals surface area (Å²) in [4.78, 5) is 18.1. The van der Waals surface area contributed by atoms with Crippen molar-refractivity contribution >= 4 is 16.9 Å². The number of carbonyl (C=O) groups excluding carboxylic acids is 1. The van der Waals surface area contributed by atoms with Gasteiger partial charge in [0.15, 0.2) is 11.4 Å². The van der Waals surface area contributed by atoms with Crippen LogP contribution < -0.4 is 4.74 Å². The Morgan fingerprint density at radius 3 is 2.38 bits per heavy atom. The fourth-order valence-corrected chi connectivity index (χ4v) is 2.67. The molecule has 0 bridgehead atoms. The number of esters is 1. The number of rotatable bonds is 5. The molecule has 0 N–H and O–H groups in total. The van der Waals surface area contributed by atoms with E-state index in [1.165, 1.54) is 13.0 Å². The number of nitrogens with zero attached hydrogens (tertiary/aromatic N) is 2. The Labute approximate surface area is 160 Å². The van der Waals surface area contributed by atoms with E-state index in [0.29, 0.717) is 12.4 Å². The van der Waals surface area contributed by atoms with Crippen LogP contribution >= 0.6 is 0 Å². The van der Waals surface area contributed by atoms with Gasteiger partial charge >= 0.3 is 18.3 Å². The quantitative estimate of drug-likeness (QED) is 0.437. The van der Waals surface area contributed by atoms with Crippen LogP contribution in [0.1, 0.15) is 34.4 Å². The van der Waals surface area contributed by atoms with Crippen molar-refractivity contribution in [2.24, 2.45) is 0 Å². The Kier molecular flexibility index (Phi) is 5.16. The molecule has 0 aliphatic heterocycles. The zero-order chi connectivity index (χ0) is 21.4. The second kappa shape index (κ2) is 7.30. The molecule has 3 rings (SSSR count). The number of hydrogen-bond acceptors (Lipinski definition) is 6. The average molecular weight is 416 g/mol. The van der Waals surface area contributed by atoms with Crippen LogP contribution in [0.4, 0.5) is 22.0 Å². The first-order valence-corrected chi connectivity index (χ1v) is 8.20. The Bertz CT molecular complexity index is 1060. The van der Waals surface area contributed by atoms with E-state index < -0.39 is 35.4 Å². The van der Waals surface area contributed by atoms with Gasteiger partial charge in [-0.2, -0.15) is 22.0 Å². The molecule has 0 atom stereocenters. The number of hydrogen-bond donors (Lipinski definition) is 0. The van der Waals surface area contributed by atoms with E-state index in [9.17, 15) is 26.7 Å². The Balaban J connectivity index is 2.02. The molecule has 0 unspecified atom stereocenters. The number of aryl methyl sites for hydroxylation is 1. The highest BCUT2D eigenvalue weighted by Gasteiger charge is 2.47. The van der Waals surface area contributed by atoms with E-state index in [1.807, 2.05) is 0 Å². The maximum absolute atomic E-state index is 14.5. The van der Waals surface area contributed by atoms with Gasteiger partial charge in [0.2, 0.25) is 0 Å². The first-order chi connectivity index (χ1) is 13.5. The molecule has 0 amide bonds. The smallest absolute Gasteiger partial charge is 0.446 e. The number of alkyl halides is 5. The lowest BCUT2D eigenvalue weighted by Gasteiger charge is -2.20. The molecule has 0 aliphatic carbocycles. The Morgan fingerprint density at radius 1 is 1.10 bits per heavy atom. The lowest BCUT2D eigenvalue weighted by Crippen LogP contribution is -2.28. The summed E-state index contributed by atoms with van der Waals surface area (Å²) in [5, 5.41) is 0.115. The molecule has 2 aromatic heterocycles. The van der Waals surface area contributed by atoms with E-state index in [-0.39, 0.29) is 28.9 Å². The van der Waals surface area contributed by atoms with Crippen molar-refractivity contribution in [2.45, 2.75) is 26.1 Å². The second-order valence-corrected chi connectivity index (χ2v) is 5.78. The molecular weight excluding hydrogens is 403 g/mol. The zero-order valence-electron chi connectivity index (χ0n) is 15.0. The number of furan rings is 1. The van der Waals surface area contributed by atoms with Crippen molar-refractivity contribution < 1.29 is 40.6 Å². The summed E-state index contributed by atoms with van der Waals surface area (Å²) in [5.41, 5.74) is -3.35. The lowest BCUT2D eigenvalue weighted by molar-refractivity contribution is -0.199. The van der Waals surface area contributed by atoms with Crippen LogP contribution in [0.25, 0.3) is 11.0 Å². The zero-order valence-corrected chi connectivity index (χ0v) is 15.0. The van der Waals surface area contributed by atoms with Gasteiger partial charge in [-0.3, -0.25) is 0 Å². The summed E-state index contributed by atoms with van der Waals surface area (Å²) in [6.45, 7) is 3.15. The van der Waals surface area contributed by atoms with Gasteiger partial charge in [-0.1, -0.05) is 0 Å². The topological polar surface area (TPSA) is 74.5 Å². The van der Waals surface area contributed by atoms with Crippen molar-refractivity contribution in [3.63, 3.8) is 0 Å². The predicted molar refractivity (Wildman–Crippen MR) is 88.5 cm³/mol. The molecular formula is C18H13F5N2O4. The van der Waals surface area contributed by atoms with Crippen molar-refractivity contribution in [2.75, 3.05) is 6.61 Å². The van der Waals surface area contributed by atoms with Crippen molar-refractivity contribution in [1.82, 2.24) is 9.97 Å². The van der Waals surface area contributed by atoms with Crippen LogP contribution in [0.3, 0.4) is 0 Å². The van der Waals surface area contributed by atoms with Gasteiger partial charge < -0.3 is 13.9 Å². The molecule has 0 saturated carbocycles. The molecule has 29 heavy (non-hydrogen) atoms. The van der Waals surface area contributed by atoms with E-state index in [1.54, 1.807) is 6.92 Å². The molecule has 154 valence electrons. The summed E-state index contributed by atoms with van der Waals surface area (Å²) in [5.74, 6) is -1.05. The van der Waals surface area contributed by atoms with Crippen LogP contribution in [0, 0.1) is 6.92 Å².